The zero-order valence-corrected chi connectivity index (χ0v) is 35.4. The summed E-state index contributed by atoms with van der Waals surface area (Å²) in [6.07, 6.45) is 2.36. The Morgan fingerprint density at radius 3 is 1.24 bits per heavy atom. The van der Waals surface area contributed by atoms with Gasteiger partial charge in [0.05, 0.1) is 0 Å². The predicted molar refractivity (Wildman–Crippen MR) is 192 cm³/mol. The molecule has 0 aliphatic carbocycles. The van der Waals surface area contributed by atoms with Crippen molar-refractivity contribution in [2.24, 2.45) is 0 Å². The summed E-state index contributed by atoms with van der Waals surface area (Å²) in [4.78, 5) is 0. The van der Waals surface area contributed by atoms with Crippen LogP contribution in [0, 0.1) is 0 Å². The summed E-state index contributed by atoms with van der Waals surface area (Å²) in [5.41, 5.74) is 4.33. The van der Waals surface area contributed by atoms with Crippen molar-refractivity contribution in [2.45, 2.75) is 186 Å². The lowest BCUT2D eigenvalue weighted by atomic mass is 10.3. The fraction of sp³-hybridized carbons (Fsp3) is 1.00. The van der Waals surface area contributed by atoms with E-state index in [4.69, 9.17) is 26.3 Å². The summed E-state index contributed by atoms with van der Waals surface area (Å²) < 4.78 is 10.7. The van der Waals surface area contributed by atoms with Gasteiger partial charge in [0.2, 0.25) is 7.42 Å². The molecule has 0 aliphatic heterocycles. The lowest BCUT2D eigenvalue weighted by Crippen LogP contribution is -2.76. The summed E-state index contributed by atoms with van der Waals surface area (Å²) in [5.74, 6) is 0. The topological polar surface area (TPSA) is 12.5 Å². The molecule has 0 bridgehead atoms. The van der Waals surface area contributed by atoms with Gasteiger partial charge in [0.1, 0.15) is 16.5 Å². The fourth-order valence-electron chi connectivity index (χ4n) is 9.15. The number of nitrogens with zero attached hydrogens (tertiary/aromatic N) is 1. The van der Waals surface area contributed by atoms with E-state index in [1.165, 1.54) is 18.5 Å². The van der Waals surface area contributed by atoms with Crippen LogP contribution in [0.4, 0.5) is 0 Å². The molecule has 0 saturated heterocycles. The molecular formula is C29H69Cl2NOSi5. The van der Waals surface area contributed by atoms with E-state index < -0.39 is 40.5 Å². The molecule has 2 nitrogen and oxygen atoms in total. The van der Waals surface area contributed by atoms with Crippen LogP contribution in [0.1, 0.15) is 103 Å². The van der Waals surface area contributed by atoms with E-state index in [1.54, 1.807) is 0 Å². The van der Waals surface area contributed by atoms with E-state index in [2.05, 4.69) is 120 Å². The molecule has 0 aliphatic rings. The Balaban J connectivity index is 7.02. The van der Waals surface area contributed by atoms with Crippen LogP contribution in [0.25, 0.3) is 0 Å². The monoisotopic (exact) mass is 657 g/mol. The third-order valence-electron chi connectivity index (χ3n) is 9.70. The highest BCUT2D eigenvalue weighted by Gasteiger charge is 2.61. The van der Waals surface area contributed by atoms with E-state index in [9.17, 15) is 0 Å². The van der Waals surface area contributed by atoms with E-state index in [1.807, 2.05) is 0 Å². The minimum Gasteiger partial charge on any atom is -0.455 e. The van der Waals surface area contributed by atoms with Gasteiger partial charge in [-0.25, -0.2) is 0 Å². The molecule has 0 rings (SSSR count). The average Bonchev–Trinajstić information content (AvgIpc) is 2.68. The SMILES string of the molecule is CCC(C[Si](C)(C)O[Si](C)(C)CCC[SiH](Cl)Cl)N([Si](C(C)C)(C(C)C)C(C)C)[Si](C(C)C)(C(C)C)C(C)C. The van der Waals surface area contributed by atoms with E-state index >= 15 is 0 Å². The smallest absolute Gasteiger partial charge is 0.237 e. The first kappa shape index (κ1) is 39.6. The summed E-state index contributed by atoms with van der Waals surface area (Å²) in [6, 6.07) is 4.05. The number of halogens is 2. The van der Waals surface area contributed by atoms with Gasteiger partial charge in [0.15, 0.2) is 16.6 Å². The Bertz CT molecular complexity index is 608. The van der Waals surface area contributed by atoms with E-state index in [-0.39, 0.29) is 0 Å². The van der Waals surface area contributed by atoms with Crippen LogP contribution in [0.2, 0.25) is 77.6 Å². The number of rotatable bonds is 18. The van der Waals surface area contributed by atoms with Gasteiger partial charge in [-0.1, -0.05) is 96.4 Å². The first-order chi connectivity index (χ1) is 17.1. The van der Waals surface area contributed by atoms with Crippen molar-refractivity contribution < 1.29 is 4.12 Å². The maximum Gasteiger partial charge on any atom is 0.237 e. The Morgan fingerprint density at radius 1 is 0.632 bits per heavy atom. The van der Waals surface area contributed by atoms with Crippen molar-refractivity contribution in [2.75, 3.05) is 0 Å². The standard InChI is InChI=1S/C29H69Cl2NOSi5/c1-18-29(22-36(16,17)33-35(14,15)21-19-20-34(30)31)32(37(23(2)3,24(4)5)25(6)7)38(26(8)9,27(10)11)28(12)13/h23-29,34H,18-22H2,1-17H3. The van der Waals surface area contributed by atoms with Crippen LogP contribution in [0.3, 0.4) is 0 Å². The predicted octanol–water partition coefficient (Wildman–Crippen LogP) is 11.9. The van der Waals surface area contributed by atoms with Gasteiger partial charge in [-0.2, -0.15) is 22.2 Å². The zero-order chi connectivity index (χ0) is 30.4. The highest BCUT2D eigenvalue weighted by Crippen LogP contribution is 2.55. The highest BCUT2D eigenvalue weighted by molar-refractivity contribution is 7.33. The third-order valence-corrected chi connectivity index (χ3v) is 35.1. The minimum atomic E-state index is -1.92. The van der Waals surface area contributed by atoms with Gasteiger partial charge in [0.25, 0.3) is 0 Å². The van der Waals surface area contributed by atoms with Crippen molar-refractivity contribution in [3.63, 3.8) is 0 Å². The second kappa shape index (κ2) is 15.9. The second-order valence-electron chi connectivity index (χ2n) is 15.2. The molecule has 0 aromatic rings. The van der Waals surface area contributed by atoms with Gasteiger partial charge >= 0.3 is 0 Å². The molecular weight excluding hydrogens is 590 g/mol. The van der Waals surface area contributed by atoms with Crippen molar-refractivity contribution in [1.29, 1.82) is 0 Å². The zero-order valence-electron chi connectivity index (χ0n) is 28.8. The Morgan fingerprint density at radius 2 is 0.974 bits per heavy atom. The molecule has 0 heterocycles. The number of hydrogen-bond donors (Lipinski definition) is 0. The van der Waals surface area contributed by atoms with Crippen LogP contribution in [0.5, 0.6) is 0 Å². The molecule has 0 amide bonds. The Kier molecular flexibility index (Phi) is 16.5. The first-order valence-electron chi connectivity index (χ1n) is 15.8. The largest absolute Gasteiger partial charge is 0.455 e. The van der Waals surface area contributed by atoms with Crippen molar-refractivity contribution >= 4 is 62.7 Å². The molecule has 9 heteroatoms. The molecule has 230 valence electrons. The third kappa shape index (κ3) is 9.29. The normalized spacial score (nSPS) is 15.6. The number of hydrogen-bond acceptors (Lipinski definition) is 2. The second-order valence-corrected chi connectivity index (χ2v) is 41.1. The maximum atomic E-state index is 7.29. The molecule has 0 radical (unpaired) electrons. The van der Waals surface area contributed by atoms with E-state index in [0.29, 0.717) is 6.04 Å². The minimum absolute atomic E-state index is 0.613. The lowest BCUT2D eigenvalue weighted by molar-refractivity contribution is 0.383. The van der Waals surface area contributed by atoms with Crippen molar-refractivity contribution in [1.82, 2.24) is 4.23 Å². The van der Waals surface area contributed by atoms with Crippen LogP contribution in [-0.4, -0.2) is 50.8 Å². The molecule has 0 aromatic heterocycles. The maximum absolute atomic E-state index is 7.29. The van der Waals surface area contributed by atoms with Crippen molar-refractivity contribution in [3.05, 3.63) is 0 Å². The molecule has 1 atom stereocenters. The Labute approximate surface area is 256 Å². The molecule has 1 unspecified atom stereocenters. The summed E-state index contributed by atoms with van der Waals surface area (Å²) >= 11 is 12.4. The quantitative estimate of drug-likeness (QED) is 0.107. The summed E-state index contributed by atoms with van der Waals surface area (Å²) in [6.45, 7) is 43.3. The average molecular weight is 659 g/mol. The molecule has 0 aromatic carbocycles. The van der Waals surface area contributed by atoms with Crippen molar-refractivity contribution in [3.8, 4) is 0 Å². The van der Waals surface area contributed by atoms with Crippen LogP contribution >= 0.6 is 22.2 Å². The molecule has 38 heavy (non-hydrogen) atoms. The first-order valence-corrected chi connectivity index (χ1v) is 30.7. The molecule has 0 N–H and O–H groups in total. The Hall–Kier alpha value is 1.58. The van der Waals surface area contributed by atoms with E-state index in [0.717, 1.165) is 45.7 Å². The van der Waals surface area contributed by atoms with Crippen LogP contribution in [0.15, 0.2) is 0 Å². The fourth-order valence-corrected chi connectivity index (χ4v) is 41.2. The van der Waals surface area contributed by atoms with Gasteiger partial charge in [-0.05, 0) is 90.0 Å². The van der Waals surface area contributed by atoms with Gasteiger partial charge in [0, 0.05) is 0 Å². The molecule has 0 fully saturated rings. The highest BCUT2D eigenvalue weighted by atomic mass is 35.7. The molecule has 0 spiro atoms. The lowest BCUT2D eigenvalue weighted by Gasteiger charge is -2.65. The van der Waals surface area contributed by atoms with Crippen LogP contribution in [-0.2, 0) is 4.12 Å². The molecule has 0 saturated carbocycles. The van der Waals surface area contributed by atoms with Gasteiger partial charge in [-0.3, -0.25) is 0 Å². The van der Waals surface area contributed by atoms with Crippen LogP contribution < -0.4 is 0 Å². The summed E-state index contributed by atoms with van der Waals surface area (Å²) in [7, 11) is -9.04. The van der Waals surface area contributed by atoms with Gasteiger partial charge < -0.3 is 8.35 Å². The van der Waals surface area contributed by atoms with Gasteiger partial charge in [-0.15, -0.1) is 0 Å². The summed E-state index contributed by atoms with van der Waals surface area (Å²) in [5, 5.41) is 0.